The summed E-state index contributed by atoms with van der Waals surface area (Å²) in [6.45, 7) is 1.13. The van der Waals surface area contributed by atoms with E-state index in [1.807, 2.05) is 60.0 Å². The summed E-state index contributed by atoms with van der Waals surface area (Å²) in [6.07, 6.45) is 0.776. The molecule has 0 aliphatic heterocycles. The zero-order chi connectivity index (χ0) is 18.9. The van der Waals surface area contributed by atoms with Gasteiger partial charge in [0.25, 0.3) is 5.91 Å². The van der Waals surface area contributed by atoms with Crippen molar-refractivity contribution in [1.29, 1.82) is 0 Å². The van der Waals surface area contributed by atoms with Crippen LogP contribution in [0.2, 0.25) is 0 Å². The first-order valence-electron chi connectivity index (χ1n) is 8.90. The molecule has 3 aromatic rings. The second-order valence-electron chi connectivity index (χ2n) is 6.20. The average molecular weight is 378 g/mol. The minimum atomic E-state index is -0.207. The van der Waals surface area contributed by atoms with E-state index in [1.165, 1.54) is 16.9 Å². The Labute approximate surface area is 163 Å². The van der Waals surface area contributed by atoms with E-state index in [0.29, 0.717) is 18.0 Å². The van der Waals surface area contributed by atoms with Gasteiger partial charge in [-0.25, -0.2) is 0 Å². The van der Waals surface area contributed by atoms with Gasteiger partial charge >= 0.3 is 0 Å². The van der Waals surface area contributed by atoms with Gasteiger partial charge in [-0.15, -0.1) is 11.3 Å². The number of amides is 2. The molecule has 1 N–H and O–H groups in total. The fraction of sp³-hybridized carbons (Fsp3) is 0.182. The molecule has 0 saturated carbocycles. The predicted molar refractivity (Wildman–Crippen MR) is 109 cm³/mol. The summed E-state index contributed by atoms with van der Waals surface area (Å²) < 4.78 is 0. The van der Waals surface area contributed by atoms with E-state index in [9.17, 15) is 9.59 Å². The summed E-state index contributed by atoms with van der Waals surface area (Å²) >= 11 is 1.36. The van der Waals surface area contributed by atoms with Crippen molar-refractivity contribution in [2.75, 3.05) is 13.1 Å². The average Bonchev–Trinajstić information content (AvgIpc) is 3.25. The molecule has 0 aliphatic carbocycles. The Kier molecular flexibility index (Phi) is 6.77. The zero-order valence-corrected chi connectivity index (χ0v) is 15.8. The molecule has 0 bridgehead atoms. The van der Waals surface area contributed by atoms with E-state index in [0.717, 1.165) is 12.0 Å². The standard InChI is InChI=1S/C22H22N2O2S/c25-21(16-23-22(26)20-12-7-15-27-20)24(17-19-10-5-2-6-11-19)14-13-18-8-3-1-4-9-18/h1-12,15H,13-14,16-17H2,(H,23,26). The van der Waals surface area contributed by atoms with E-state index in [-0.39, 0.29) is 18.4 Å². The van der Waals surface area contributed by atoms with Crippen molar-refractivity contribution in [3.63, 3.8) is 0 Å². The van der Waals surface area contributed by atoms with E-state index < -0.39 is 0 Å². The van der Waals surface area contributed by atoms with Crippen LogP contribution in [-0.2, 0) is 17.8 Å². The zero-order valence-electron chi connectivity index (χ0n) is 15.0. The van der Waals surface area contributed by atoms with Gasteiger partial charge in [0.1, 0.15) is 0 Å². The number of hydrogen-bond donors (Lipinski definition) is 1. The first-order valence-corrected chi connectivity index (χ1v) is 9.77. The molecule has 2 amide bonds. The second kappa shape index (κ2) is 9.69. The van der Waals surface area contributed by atoms with Crippen molar-refractivity contribution in [2.45, 2.75) is 13.0 Å². The minimum absolute atomic E-state index is 0.00163. The number of carbonyl (C=O) groups excluding carboxylic acids is 2. The van der Waals surface area contributed by atoms with Gasteiger partial charge in [0.05, 0.1) is 11.4 Å². The summed E-state index contributed by atoms with van der Waals surface area (Å²) in [5.41, 5.74) is 2.26. The van der Waals surface area contributed by atoms with Crippen molar-refractivity contribution >= 4 is 23.2 Å². The van der Waals surface area contributed by atoms with Gasteiger partial charge < -0.3 is 10.2 Å². The Morgan fingerprint density at radius 3 is 2.15 bits per heavy atom. The highest BCUT2D eigenvalue weighted by atomic mass is 32.1. The quantitative estimate of drug-likeness (QED) is 0.649. The number of nitrogens with zero attached hydrogens (tertiary/aromatic N) is 1. The van der Waals surface area contributed by atoms with Crippen molar-refractivity contribution in [2.24, 2.45) is 0 Å². The summed E-state index contributed by atoms with van der Waals surface area (Å²) in [7, 11) is 0. The maximum Gasteiger partial charge on any atom is 0.261 e. The van der Waals surface area contributed by atoms with Crippen molar-refractivity contribution < 1.29 is 9.59 Å². The van der Waals surface area contributed by atoms with Gasteiger partial charge in [0.15, 0.2) is 0 Å². The molecule has 138 valence electrons. The molecular weight excluding hydrogens is 356 g/mol. The number of nitrogens with one attached hydrogen (secondary N) is 1. The molecular formula is C22H22N2O2S. The number of carbonyl (C=O) groups is 2. The Morgan fingerprint density at radius 2 is 1.52 bits per heavy atom. The second-order valence-corrected chi connectivity index (χ2v) is 7.14. The highest BCUT2D eigenvalue weighted by Crippen LogP contribution is 2.09. The third-order valence-electron chi connectivity index (χ3n) is 4.23. The number of thiophene rings is 1. The number of benzene rings is 2. The molecule has 0 saturated heterocycles. The van der Waals surface area contributed by atoms with Crippen LogP contribution in [0.5, 0.6) is 0 Å². The van der Waals surface area contributed by atoms with Crippen LogP contribution in [0.3, 0.4) is 0 Å². The molecule has 4 nitrogen and oxygen atoms in total. The predicted octanol–water partition coefficient (Wildman–Crippen LogP) is 3.75. The van der Waals surface area contributed by atoms with Crippen LogP contribution in [0.1, 0.15) is 20.8 Å². The molecule has 2 aromatic carbocycles. The van der Waals surface area contributed by atoms with Crippen molar-refractivity contribution in [3.05, 3.63) is 94.2 Å². The van der Waals surface area contributed by atoms with Crippen LogP contribution in [0.4, 0.5) is 0 Å². The molecule has 0 aliphatic rings. The summed E-state index contributed by atoms with van der Waals surface area (Å²) in [6, 6.07) is 23.6. The summed E-state index contributed by atoms with van der Waals surface area (Å²) in [5.74, 6) is -0.291. The SMILES string of the molecule is O=C(NCC(=O)N(CCc1ccccc1)Cc1ccccc1)c1cccs1. The maximum absolute atomic E-state index is 12.8. The van der Waals surface area contributed by atoms with Gasteiger partial charge in [-0.1, -0.05) is 66.7 Å². The molecule has 0 radical (unpaired) electrons. The molecule has 0 unspecified atom stereocenters. The molecule has 1 aromatic heterocycles. The van der Waals surface area contributed by atoms with Crippen LogP contribution in [-0.4, -0.2) is 29.8 Å². The van der Waals surface area contributed by atoms with Gasteiger partial charge in [-0.2, -0.15) is 0 Å². The monoisotopic (exact) mass is 378 g/mol. The Morgan fingerprint density at radius 1 is 0.852 bits per heavy atom. The van der Waals surface area contributed by atoms with Crippen molar-refractivity contribution in [3.8, 4) is 0 Å². The Bertz CT molecular complexity index is 849. The first-order chi connectivity index (χ1) is 13.2. The number of hydrogen-bond acceptors (Lipinski definition) is 3. The van der Waals surface area contributed by atoms with E-state index in [4.69, 9.17) is 0 Å². The topological polar surface area (TPSA) is 49.4 Å². The molecule has 27 heavy (non-hydrogen) atoms. The lowest BCUT2D eigenvalue weighted by Crippen LogP contribution is -2.40. The highest BCUT2D eigenvalue weighted by molar-refractivity contribution is 7.12. The van der Waals surface area contributed by atoms with Gasteiger partial charge in [0.2, 0.25) is 5.91 Å². The largest absolute Gasteiger partial charge is 0.342 e. The third kappa shape index (κ3) is 5.79. The normalized spacial score (nSPS) is 10.4. The lowest BCUT2D eigenvalue weighted by molar-refractivity contribution is -0.130. The molecule has 5 heteroatoms. The van der Waals surface area contributed by atoms with Crippen LogP contribution < -0.4 is 5.32 Å². The smallest absolute Gasteiger partial charge is 0.261 e. The van der Waals surface area contributed by atoms with Crippen LogP contribution in [0.25, 0.3) is 0 Å². The summed E-state index contributed by atoms with van der Waals surface area (Å²) in [5, 5.41) is 4.58. The van der Waals surface area contributed by atoms with Crippen molar-refractivity contribution in [1.82, 2.24) is 10.2 Å². The highest BCUT2D eigenvalue weighted by Gasteiger charge is 2.16. The maximum atomic E-state index is 12.8. The Balaban J connectivity index is 1.62. The third-order valence-corrected chi connectivity index (χ3v) is 5.10. The fourth-order valence-electron chi connectivity index (χ4n) is 2.77. The van der Waals surface area contributed by atoms with Crippen LogP contribution in [0, 0.1) is 0 Å². The van der Waals surface area contributed by atoms with E-state index >= 15 is 0 Å². The van der Waals surface area contributed by atoms with Crippen LogP contribution in [0.15, 0.2) is 78.2 Å². The molecule has 0 fully saturated rings. The van der Waals surface area contributed by atoms with E-state index in [2.05, 4.69) is 17.4 Å². The minimum Gasteiger partial charge on any atom is -0.342 e. The van der Waals surface area contributed by atoms with Gasteiger partial charge in [-0.3, -0.25) is 9.59 Å². The van der Waals surface area contributed by atoms with Gasteiger partial charge in [0, 0.05) is 13.1 Å². The molecule has 1 heterocycles. The lowest BCUT2D eigenvalue weighted by atomic mass is 10.1. The molecule has 0 spiro atoms. The lowest BCUT2D eigenvalue weighted by Gasteiger charge is -2.23. The van der Waals surface area contributed by atoms with E-state index in [1.54, 1.807) is 11.0 Å². The Hall–Kier alpha value is -2.92. The van der Waals surface area contributed by atoms with Crippen LogP contribution >= 0.6 is 11.3 Å². The molecule has 3 rings (SSSR count). The fourth-order valence-corrected chi connectivity index (χ4v) is 3.41. The van der Waals surface area contributed by atoms with Gasteiger partial charge in [-0.05, 0) is 29.0 Å². The molecule has 0 atom stereocenters. The summed E-state index contributed by atoms with van der Waals surface area (Å²) in [4.78, 5) is 27.3. The number of rotatable bonds is 8. The first kappa shape index (κ1) is 18.9.